The molecule has 0 spiro atoms. The van der Waals surface area contributed by atoms with Crippen LogP contribution in [0.3, 0.4) is 0 Å². The van der Waals surface area contributed by atoms with E-state index in [1.54, 1.807) is 18.2 Å². The van der Waals surface area contributed by atoms with Gasteiger partial charge in [-0.2, -0.15) is 0 Å². The molecule has 0 aliphatic carbocycles. The Balaban J connectivity index is 2.44. The van der Waals surface area contributed by atoms with Crippen LogP contribution in [-0.4, -0.2) is 33.7 Å². The summed E-state index contributed by atoms with van der Waals surface area (Å²) in [7, 11) is -2.37. The molecule has 0 heterocycles. The molecule has 28 heavy (non-hydrogen) atoms. The minimum Gasteiger partial charge on any atom is -0.495 e. The van der Waals surface area contributed by atoms with E-state index in [9.17, 15) is 13.2 Å². The Labute approximate surface area is 171 Å². The summed E-state index contributed by atoms with van der Waals surface area (Å²) in [5, 5.41) is 3.18. The molecule has 1 atom stereocenters. The molecule has 0 radical (unpaired) electrons. The van der Waals surface area contributed by atoms with Crippen molar-refractivity contribution in [2.45, 2.75) is 32.7 Å². The van der Waals surface area contributed by atoms with Crippen LogP contribution in [0.4, 0.5) is 11.4 Å². The number of carbonyl (C=O) groups is 1. The number of benzene rings is 2. The predicted octanol–water partition coefficient (Wildman–Crippen LogP) is 4.27. The number of methoxy groups -OCH3 is 1. The summed E-state index contributed by atoms with van der Waals surface area (Å²) in [5.41, 5.74) is 1.83. The predicted molar refractivity (Wildman–Crippen MR) is 114 cm³/mol. The number of sulfonamides is 1. The zero-order valence-electron chi connectivity index (χ0n) is 16.6. The Kier molecular flexibility index (Phi) is 6.96. The molecule has 0 bridgehead atoms. The SMILES string of the molecule is COc1ccc(Cl)cc1N(C(C)C(=O)Nc1ccccc1C(C)C)S(C)(=O)=O. The molecule has 2 aromatic carbocycles. The molecule has 1 amide bonds. The summed E-state index contributed by atoms with van der Waals surface area (Å²) in [6.07, 6.45) is 1.04. The lowest BCUT2D eigenvalue weighted by Crippen LogP contribution is -2.45. The number of nitrogens with one attached hydrogen (secondary N) is 1. The number of halogens is 1. The fourth-order valence-corrected chi connectivity index (χ4v) is 4.30. The van der Waals surface area contributed by atoms with Crippen LogP contribution in [0.5, 0.6) is 5.75 Å². The molecule has 0 aliphatic heterocycles. The van der Waals surface area contributed by atoms with Gasteiger partial charge in [0.15, 0.2) is 0 Å². The summed E-state index contributed by atoms with van der Waals surface area (Å²) < 4.78 is 31.4. The van der Waals surface area contributed by atoms with Crippen molar-refractivity contribution < 1.29 is 17.9 Å². The molecule has 1 N–H and O–H groups in total. The molecule has 0 fully saturated rings. The van der Waals surface area contributed by atoms with Crippen molar-refractivity contribution in [2.24, 2.45) is 0 Å². The van der Waals surface area contributed by atoms with E-state index in [-0.39, 0.29) is 11.6 Å². The van der Waals surface area contributed by atoms with E-state index in [4.69, 9.17) is 16.3 Å². The van der Waals surface area contributed by atoms with Gasteiger partial charge >= 0.3 is 0 Å². The van der Waals surface area contributed by atoms with Gasteiger partial charge in [-0.3, -0.25) is 9.10 Å². The molecule has 0 aromatic heterocycles. The molecular weight excluding hydrogens is 400 g/mol. The Morgan fingerprint density at radius 2 is 1.79 bits per heavy atom. The standard InChI is InChI=1S/C20H25ClN2O4S/c1-13(2)16-8-6-7-9-17(16)22-20(24)14(3)23(28(5,25)26)18-12-15(21)10-11-19(18)27-4/h6-14H,1-5H3,(H,22,24). The van der Waals surface area contributed by atoms with Crippen LogP contribution in [0.1, 0.15) is 32.3 Å². The maximum absolute atomic E-state index is 12.9. The van der Waals surface area contributed by atoms with Crippen molar-refractivity contribution in [3.8, 4) is 5.75 Å². The molecule has 6 nitrogen and oxygen atoms in total. The third kappa shape index (κ3) is 4.97. The highest BCUT2D eigenvalue weighted by Crippen LogP contribution is 2.34. The van der Waals surface area contributed by atoms with Crippen molar-refractivity contribution in [2.75, 3.05) is 23.0 Å². The van der Waals surface area contributed by atoms with Crippen molar-refractivity contribution in [1.82, 2.24) is 0 Å². The smallest absolute Gasteiger partial charge is 0.248 e. The van der Waals surface area contributed by atoms with Gasteiger partial charge in [0.05, 0.1) is 19.1 Å². The first-order valence-corrected chi connectivity index (χ1v) is 11.0. The average Bonchev–Trinajstić information content (AvgIpc) is 2.61. The molecular formula is C20H25ClN2O4S. The number of para-hydroxylation sites is 1. The third-order valence-corrected chi connectivity index (χ3v) is 5.77. The van der Waals surface area contributed by atoms with E-state index < -0.39 is 22.0 Å². The monoisotopic (exact) mass is 424 g/mol. The summed E-state index contributed by atoms with van der Waals surface area (Å²) in [6, 6.07) is 11.0. The lowest BCUT2D eigenvalue weighted by Gasteiger charge is -2.29. The molecule has 0 aliphatic rings. The maximum Gasteiger partial charge on any atom is 0.248 e. The second kappa shape index (κ2) is 8.84. The van der Waals surface area contributed by atoms with Gasteiger partial charge in [0.1, 0.15) is 11.8 Å². The second-order valence-electron chi connectivity index (χ2n) is 6.78. The van der Waals surface area contributed by atoms with E-state index in [0.717, 1.165) is 16.1 Å². The van der Waals surface area contributed by atoms with Crippen molar-refractivity contribution >= 4 is 38.9 Å². The molecule has 2 rings (SSSR count). The highest BCUT2D eigenvalue weighted by Gasteiger charge is 2.31. The largest absolute Gasteiger partial charge is 0.495 e. The van der Waals surface area contributed by atoms with E-state index in [1.165, 1.54) is 20.1 Å². The van der Waals surface area contributed by atoms with Crippen LogP contribution in [0.15, 0.2) is 42.5 Å². The normalized spacial score (nSPS) is 12.5. The molecule has 0 saturated heterocycles. The highest BCUT2D eigenvalue weighted by molar-refractivity contribution is 7.92. The van der Waals surface area contributed by atoms with E-state index in [1.807, 2.05) is 32.0 Å². The fourth-order valence-electron chi connectivity index (χ4n) is 2.97. The summed E-state index contributed by atoms with van der Waals surface area (Å²) in [5.74, 6) is 0.0449. The van der Waals surface area contributed by atoms with Gasteiger partial charge in [-0.1, -0.05) is 43.6 Å². The highest BCUT2D eigenvalue weighted by atomic mass is 35.5. The van der Waals surface area contributed by atoms with Gasteiger partial charge in [-0.05, 0) is 42.7 Å². The molecule has 0 saturated carbocycles. The van der Waals surface area contributed by atoms with Crippen molar-refractivity contribution in [1.29, 1.82) is 0 Å². The van der Waals surface area contributed by atoms with E-state index in [2.05, 4.69) is 5.32 Å². The first kappa shape index (κ1) is 22.0. The Morgan fingerprint density at radius 1 is 1.14 bits per heavy atom. The molecule has 1 unspecified atom stereocenters. The Morgan fingerprint density at radius 3 is 2.36 bits per heavy atom. The van der Waals surface area contributed by atoms with Gasteiger partial charge < -0.3 is 10.1 Å². The van der Waals surface area contributed by atoms with Crippen molar-refractivity contribution in [3.63, 3.8) is 0 Å². The summed E-state index contributed by atoms with van der Waals surface area (Å²) in [4.78, 5) is 12.9. The number of nitrogens with zero attached hydrogens (tertiary/aromatic N) is 1. The quantitative estimate of drug-likeness (QED) is 0.720. The minimum absolute atomic E-state index is 0.200. The van der Waals surface area contributed by atoms with Gasteiger partial charge in [0.2, 0.25) is 15.9 Å². The zero-order valence-corrected chi connectivity index (χ0v) is 18.1. The lowest BCUT2D eigenvalue weighted by atomic mass is 10.0. The summed E-state index contributed by atoms with van der Waals surface area (Å²) in [6.45, 7) is 5.57. The van der Waals surface area contributed by atoms with Crippen molar-refractivity contribution in [3.05, 3.63) is 53.1 Å². The fraction of sp³-hybridized carbons (Fsp3) is 0.350. The number of ether oxygens (including phenoxy) is 1. The van der Waals surface area contributed by atoms with Gasteiger partial charge in [0, 0.05) is 10.7 Å². The van der Waals surface area contributed by atoms with E-state index >= 15 is 0 Å². The van der Waals surface area contributed by atoms with Gasteiger partial charge in [-0.15, -0.1) is 0 Å². The minimum atomic E-state index is -3.80. The van der Waals surface area contributed by atoms with Crippen LogP contribution < -0.4 is 14.4 Å². The van der Waals surface area contributed by atoms with Gasteiger partial charge in [-0.25, -0.2) is 8.42 Å². The number of carbonyl (C=O) groups excluding carboxylic acids is 1. The Hall–Kier alpha value is -2.25. The third-order valence-electron chi connectivity index (χ3n) is 4.31. The van der Waals surface area contributed by atoms with Crippen LogP contribution in [0.2, 0.25) is 5.02 Å². The second-order valence-corrected chi connectivity index (χ2v) is 9.08. The first-order chi connectivity index (χ1) is 13.1. The number of rotatable bonds is 7. The van der Waals surface area contributed by atoms with Crippen LogP contribution in [0, 0.1) is 0 Å². The number of hydrogen-bond donors (Lipinski definition) is 1. The maximum atomic E-state index is 12.9. The number of amides is 1. The van der Waals surface area contributed by atoms with Crippen LogP contribution in [0.25, 0.3) is 0 Å². The van der Waals surface area contributed by atoms with Crippen LogP contribution in [-0.2, 0) is 14.8 Å². The summed E-state index contributed by atoms with van der Waals surface area (Å²) >= 11 is 6.06. The number of hydrogen-bond acceptors (Lipinski definition) is 4. The van der Waals surface area contributed by atoms with Crippen LogP contribution >= 0.6 is 11.6 Å². The first-order valence-electron chi connectivity index (χ1n) is 8.79. The number of anilines is 2. The topological polar surface area (TPSA) is 75.7 Å². The molecule has 2 aromatic rings. The molecule has 152 valence electrons. The zero-order chi connectivity index (χ0) is 21.1. The van der Waals surface area contributed by atoms with E-state index in [0.29, 0.717) is 16.5 Å². The average molecular weight is 425 g/mol. The Bertz CT molecular complexity index is 960. The molecule has 8 heteroatoms. The lowest BCUT2D eigenvalue weighted by molar-refractivity contribution is -0.116. The van der Waals surface area contributed by atoms with Gasteiger partial charge in [0.25, 0.3) is 0 Å².